The molecule has 1 saturated heterocycles. The van der Waals surface area contributed by atoms with E-state index in [4.69, 9.17) is 22.1 Å². The third kappa shape index (κ3) is 4.33. The first-order valence-electron chi connectivity index (χ1n) is 7.33. The third-order valence-corrected chi connectivity index (χ3v) is 4.88. The van der Waals surface area contributed by atoms with Crippen molar-refractivity contribution in [3.05, 3.63) is 28.7 Å². The number of aromatic hydroxyl groups is 1. The molecule has 0 aromatic heterocycles. The minimum atomic E-state index is -1.35. The van der Waals surface area contributed by atoms with E-state index in [2.05, 4.69) is 0 Å². The van der Waals surface area contributed by atoms with Gasteiger partial charge < -0.3 is 20.1 Å². The van der Waals surface area contributed by atoms with Crippen LogP contribution < -0.4 is 4.74 Å². The summed E-state index contributed by atoms with van der Waals surface area (Å²) in [7, 11) is 1.39. The number of amides is 1. The maximum atomic E-state index is 12.6. The van der Waals surface area contributed by atoms with Gasteiger partial charge in [-0.25, -0.2) is 4.79 Å². The van der Waals surface area contributed by atoms with Crippen molar-refractivity contribution in [1.82, 2.24) is 4.90 Å². The maximum absolute atomic E-state index is 12.6. The lowest BCUT2D eigenvalue weighted by molar-refractivity contribution is -0.146. The largest absolute Gasteiger partial charge is 0.504 e. The van der Waals surface area contributed by atoms with Crippen molar-refractivity contribution < 1.29 is 34.4 Å². The van der Waals surface area contributed by atoms with Gasteiger partial charge in [-0.2, -0.15) is 0 Å². The van der Waals surface area contributed by atoms with E-state index in [0.717, 1.165) is 16.7 Å². The zero-order chi connectivity index (χ0) is 19.4. The molecule has 10 heteroatoms. The fraction of sp³-hybridized carbons (Fsp3) is 0.250. The number of benzene rings is 1. The van der Waals surface area contributed by atoms with Gasteiger partial charge in [0.1, 0.15) is 10.4 Å². The van der Waals surface area contributed by atoms with E-state index in [1.54, 1.807) is 6.07 Å². The Bertz CT molecular complexity index is 806. The van der Waals surface area contributed by atoms with Crippen molar-refractivity contribution in [3.63, 3.8) is 0 Å². The first-order valence-corrected chi connectivity index (χ1v) is 8.55. The van der Waals surface area contributed by atoms with Crippen molar-refractivity contribution in [2.75, 3.05) is 7.11 Å². The smallest absolute Gasteiger partial charge is 0.326 e. The average Bonchev–Trinajstić information content (AvgIpc) is 2.84. The maximum Gasteiger partial charge on any atom is 0.326 e. The predicted molar refractivity (Wildman–Crippen MR) is 98.0 cm³/mol. The third-order valence-electron chi connectivity index (χ3n) is 3.55. The fourth-order valence-electron chi connectivity index (χ4n) is 2.31. The number of rotatable bonds is 7. The molecule has 0 bridgehead atoms. The predicted octanol–water partition coefficient (Wildman–Crippen LogP) is 1.92. The molecule has 3 N–H and O–H groups in total. The van der Waals surface area contributed by atoms with Crippen LogP contribution in [-0.4, -0.2) is 55.5 Å². The molecule has 138 valence electrons. The first-order chi connectivity index (χ1) is 12.2. The Kier molecular flexibility index (Phi) is 6.22. The molecule has 8 nitrogen and oxygen atoms in total. The molecule has 26 heavy (non-hydrogen) atoms. The quantitative estimate of drug-likeness (QED) is 0.467. The molecule has 0 spiro atoms. The zero-order valence-corrected chi connectivity index (χ0v) is 15.2. The van der Waals surface area contributed by atoms with Crippen LogP contribution in [0.4, 0.5) is 0 Å². The first kappa shape index (κ1) is 19.7. The summed E-state index contributed by atoms with van der Waals surface area (Å²) < 4.78 is 5.05. The average molecular weight is 397 g/mol. The molecule has 1 amide bonds. The SMILES string of the molecule is COc1cc(/C=C2\SC(=S)N([C@H](CCC(=O)O)C(=O)O)C2=O)ccc1O. The van der Waals surface area contributed by atoms with Gasteiger partial charge in [-0.15, -0.1) is 0 Å². The molecule has 2 rings (SSSR count). The van der Waals surface area contributed by atoms with E-state index in [9.17, 15) is 24.6 Å². The molecular formula is C16H15NO7S2. The van der Waals surface area contributed by atoms with Crippen LogP contribution in [-0.2, 0) is 14.4 Å². The van der Waals surface area contributed by atoms with Gasteiger partial charge in [0.05, 0.1) is 12.0 Å². The van der Waals surface area contributed by atoms with Gasteiger partial charge in [0, 0.05) is 6.42 Å². The molecule has 1 aliphatic rings. The number of phenolic OH excluding ortho intramolecular Hbond substituents is 1. The molecular weight excluding hydrogens is 382 g/mol. The van der Waals surface area contributed by atoms with Gasteiger partial charge in [0.2, 0.25) is 0 Å². The van der Waals surface area contributed by atoms with Crippen molar-refractivity contribution >= 4 is 52.2 Å². The normalized spacial score (nSPS) is 16.8. The van der Waals surface area contributed by atoms with Crippen molar-refractivity contribution in [3.8, 4) is 11.5 Å². The van der Waals surface area contributed by atoms with Gasteiger partial charge >= 0.3 is 11.9 Å². The monoisotopic (exact) mass is 397 g/mol. The zero-order valence-electron chi connectivity index (χ0n) is 13.5. The van der Waals surface area contributed by atoms with E-state index in [0.29, 0.717) is 5.56 Å². The van der Waals surface area contributed by atoms with Gasteiger partial charge in [-0.3, -0.25) is 14.5 Å². The number of carbonyl (C=O) groups is 3. The topological polar surface area (TPSA) is 124 Å². The summed E-state index contributed by atoms with van der Waals surface area (Å²) in [5.41, 5.74) is 0.553. The lowest BCUT2D eigenvalue weighted by Crippen LogP contribution is -2.44. The molecule has 1 aromatic carbocycles. The number of thiocarbonyl (C=S) groups is 1. The standard InChI is InChI=1S/C16H15NO7S2/c1-24-11-6-8(2-4-10(11)18)7-12-14(21)17(16(25)26-12)9(15(22)23)3-5-13(19)20/h2,4,6-7,9,18H,3,5H2,1H3,(H,19,20)(H,22,23)/b12-7-/t9-/m1/s1. The molecule has 0 saturated carbocycles. The van der Waals surface area contributed by atoms with Crippen molar-refractivity contribution in [2.45, 2.75) is 18.9 Å². The summed E-state index contributed by atoms with van der Waals surface area (Å²) in [4.78, 5) is 35.9. The number of hydrogen-bond acceptors (Lipinski definition) is 7. The molecule has 0 unspecified atom stereocenters. The van der Waals surface area contributed by atoms with Gasteiger partial charge in [-0.05, 0) is 30.2 Å². The van der Waals surface area contributed by atoms with Crippen molar-refractivity contribution in [2.24, 2.45) is 0 Å². The van der Waals surface area contributed by atoms with Crippen LogP contribution in [0.15, 0.2) is 23.1 Å². The Hall–Kier alpha value is -2.59. The van der Waals surface area contributed by atoms with Crippen LogP contribution in [0.1, 0.15) is 18.4 Å². The van der Waals surface area contributed by atoms with E-state index < -0.39 is 30.3 Å². The number of nitrogens with zero attached hydrogens (tertiary/aromatic N) is 1. The van der Waals surface area contributed by atoms with Crippen LogP contribution in [0.25, 0.3) is 6.08 Å². The van der Waals surface area contributed by atoms with E-state index in [1.807, 2.05) is 0 Å². The molecule has 1 aromatic rings. The van der Waals surface area contributed by atoms with E-state index in [1.165, 1.54) is 25.3 Å². The second-order valence-electron chi connectivity index (χ2n) is 5.27. The van der Waals surface area contributed by atoms with E-state index in [-0.39, 0.29) is 27.1 Å². The highest BCUT2D eigenvalue weighted by molar-refractivity contribution is 8.26. The minimum Gasteiger partial charge on any atom is -0.504 e. The number of carboxylic acid groups (broad SMARTS) is 2. The summed E-state index contributed by atoms with van der Waals surface area (Å²) in [5, 5.41) is 27.7. The van der Waals surface area contributed by atoms with Crippen molar-refractivity contribution in [1.29, 1.82) is 0 Å². The molecule has 0 radical (unpaired) electrons. The highest BCUT2D eigenvalue weighted by Crippen LogP contribution is 2.36. The Labute approximate surface area is 158 Å². The lowest BCUT2D eigenvalue weighted by atomic mass is 10.1. The summed E-state index contributed by atoms with van der Waals surface area (Å²) in [6.07, 6.45) is 0.844. The molecule has 1 aliphatic heterocycles. The molecule has 1 fully saturated rings. The number of ether oxygens (including phenoxy) is 1. The lowest BCUT2D eigenvalue weighted by Gasteiger charge is -2.22. The van der Waals surface area contributed by atoms with Crippen LogP contribution in [0.3, 0.4) is 0 Å². The van der Waals surface area contributed by atoms with Gasteiger partial charge in [0.15, 0.2) is 11.5 Å². The summed E-state index contributed by atoms with van der Waals surface area (Å²) >= 11 is 6.04. The summed E-state index contributed by atoms with van der Waals surface area (Å²) in [5.74, 6) is -2.93. The number of thioether (sulfide) groups is 1. The fourth-order valence-corrected chi connectivity index (χ4v) is 3.66. The number of carbonyl (C=O) groups excluding carboxylic acids is 1. The highest BCUT2D eigenvalue weighted by atomic mass is 32.2. The second kappa shape index (κ2) is 8.19. The second-order valence-corrected chi connectivity index (χ2v) is 6.95. The molecule has 1 atom stereocenters. The van der Waals surface area contributed by atoms with Gasteiger partial charge in [-0.1, -0.05) is 30.0 Å². The molecule has 0 aliphatic carbocycles. The number of carboxylic acids is 2. The highest BCUT2D eigenvalue weighted by Gasteiger charge is 2.40. The number of hydrogen-bond donors (Lipinski definition) is 3. The minimum absolute atomic E-state index is 0.0461. The summed E-state index contributed by atoms with van der Waals surface area (Å²) in [6, 6.07) is 3.13. The van der Waals surface area contributed by atoms with Crippen LogP contribution in [0.2, 0.25) is 0 Å². The Morgan fingerprint density at radius 3 is 2.65 bits per heavy atom. The number of aliphatic carboxylic acids is 2. The Balaban J connectivity index is 2.29. The number of methoxy groups -OCH3 is 1. The Morgan fingerprint density at radius 2 is 2.08 bits per heavy atom. The number of phenols is 1. The molecule has 1 heterocycles. The van der Waals surface area contributed by atoms with Crippen LogP contribution in [0, 0.1) is 0 Å². The summed E-state index contributed by atoms with van der Waals surface area (Å²) in [6.45, 7) is 0. The van der Waals surface area contributed by atoms with E-state index >= 15 is 0 Å². The van der Waals surface area contributed by atoms with Crippen LogP contribution in [0.5, 0.6) is 11.5 Å². The van der Waals surface area contributed by atoms with Gasteiger partial charge in [0.25, 0.3) is 5.91 Å². The Morgan fingerprint density at radius 1 is 1.38 bits per heavy atom. The van der Waals surface area contributed by atoms with Crippen LogP contribution >= 0.6 is 24.0 Å².